The molecule has 2 aliphatic rings. The topological polar surface area (TPSA) is 52.1 Å². The molecule has 182 valence electrons. The van der Waals surface area contributed by atoms with Gasteiger partial charge >= 0.3 is 0 Å². The number of nitrogens with zero attached hydrogens (tertiary/aromatic N) is 4. The Labute approximate surface area is 215 Å². The number of Topliss-reactive ketones (excluding diaryl/α,β-unsaturated/α-hetero) is 1. The summed E-state index contributed by atoms with van der Waals surface area (Å²) < 4.78 is 16.9. The lowest BCUT2D eigenvalue weighted by Crippen LogP contribution is -2.46. The Kier molecular flexibility index (Phi) is 5.38. The smallest absolute Gasteiger partial charge is 0.226 e. The van der Waals surface area contributed by atoms with Crippen molar-refractivity contribution in [2.75, 3.05) is 0 Å². The van der Waals surface area contributed by atoms with E-state index in [1.54, 1.807) is 24.5 Å². The standard InChI is InChI=1S/C31H25FN4O/c1-19-25-13-12-24-28(23-6-4-5-7-26(23)32)35-36(30(24)31(25,2)18-27(33-3)29(19)37)22-10-8-20(9-11-22)21-14-16-34-17-15-21/h4-11,14-19,25H,12-13H2,1-2H3/t19-,25-,31-/m1/s1. The first-order valence-corrected chi connectivity index (χ1v) is 12.4. The van der Waals surface area contributed by atoms with Gasteiger partial charge in [-0.05, 0) is 66.3 Å². The number of benzene rings is 2. The van der Waals surface area contributed by atoms with Gasteiger partial charge in [-0.15, -0.1) is 0 Å². The van der Waals surface area contributed by atoms with Crippen LogP contribution in [0.2, 0.25) is 0 Å². The summed E-state index contributed by atoms with van der Waals surface area (Å²) in [6.07, 6.45) is 6.82. The third kappa shape index (κ3) is 3.54. The van der Waals surface area contributed by atoms with Crippen LogP contribution in [-0.2, 0) is 16.6 Å². The highest BCUT2D eigenvalue weighted by Crippen LogP contribution is 2.52. The molecule has 0 saturated carbocycles. The molecular weight excluding hydrogens is 463 g/mol. The summed E-state index contributed by atoms with van der Waals surface area (Å²) in [5.74, 6) is -0.664. The van der Waals surface area contributed by atoms with Gasteiger partial charge in [-0.2, -0.15) is 5.10 Å². The average Bonchev–Trinajstić information content (AvgIpc) is 3.32. The number of hydrogen-bond acceptors (Lipinski definition) is 3. The summed E-state index contributed by atoms with van der Waals surface area (Å²) in [6.45, 7) is 11.7. The number of carbonyl (C=O) groups is 1. The van der Waals surface area contributed by atoms with Crippen molar-refractivity contribution in [3.8, 4) is 28.1 Å². The Bertz CT molecular complexity index is 1600. The van der Waals surface area contributed by atoms with Crippen molar-refractivity contribution in [2.45, 2.75) is 32.1 Å². The predicted molar refractivity (Wildman–Crippen MR) is 140 cm³/mol. The van der Waals surface area contributed by atoms with E-state index >= 15 is 4.39 Å². The zero-order chi connectivity index (χ0) is 25.7. The number of hydrogen-bond donors (Lipinski definition) is 0. The Morgan fingerprint density at radius 1 is 1.05 bits per heavy atom. The lowest BCUT2D eigenvalue weighted by atomic mass is 9.58. The summed E-state index contributed by atoms with van der Waals surface area (Å²) in [7, 11) is 0. The number of allylic oxidation sites excluding steroid dienone is 2. The minimum atomic E-state index is -0.596. The molecule has 2 aromatic carbocycles. The fraction of sp³-hybridized carbons (Fsp3) is 0.226. The highest BCUT2D eigenvalue weighted by molar-refractivity contribution is 6.00. The molecule has 37 heavy (non-hydrogen) atoms. The Morgan fingerprint density at radius 3 is 2.46 bits per heavy atom. The molecule has 0 amide bonds. The van der Waals surface area contributed by atoms with Crippen molar-refractivity contribution in [3.05, 3.63) is 113 Å². The average molecular weight is 489 g/mol. The predicted octanol–water partition coefficient (Wildman–Crippen LogP) is 6.58. The van der Waals surface area contributed by atoms with E-state index in [0.717, 1.165) is 34.5 Å². The van der Waals surface area contributed by atoms with Crippen molar-refractivity contribution in [2.24, 2.45) is 11.8 Å². The van der Waals surface area contributed by atoms with Gasteiger partial charge in [0.1, 0.15) is 5.82 Å². The van der Waals surface area contributed by atoms with Crippen LogP contribution >= 0.6 is 0 Å². The number of carbonyl (C=O) groups excluding carboxylic acids is 1. The van der Waals surface area contributed by atoms with E-state index in [9.17, 15) is 4.79 Å². The Balaban J connectivity index is 1.59. The lowest BCUT2D eigenvalue weighted by Gasteiger charge is -2.45. The monoisotopic (exact) mass is 488 g/mol. The first kappa shape index (κ1) is 23.1. The molecule has 0 unspecified atom stereocenters. The van der Waals surface area contributed by atoms with Crippen LogP contribution in [0.4, 0.5) is 4.39 Å². The molecule has 2 heterocycles. The van der Waals surface area contributed by atoms with Gasteiger partial charge < -0.3 is 4.79 Å². The number of pyridine rings is 1. The summed E-state index contributed by atoms with van der Waals surface area (Å²) >= 11 is 0. The summed E-state index contributed by atoms with van der Waals surface area (Å²) in [5, 5.41) is 5.00. The van der Waals surface area contributed by atoms with Crippen molar-refractivity contribution in [3.63, 3.8) is 0 Å². The first-order valence-electron chi connectivity index (χ1n) is 12.4. The maximum absolute atomic E-state index is 15.0. The molecule has 2 aliphatic carbocycles. The molecule has 6 heteroatoms. The third-order valence-electron chi connectivity index (χ3n) is 8.05. The fourth-order valence-electron chi connectivity index (χ4n) is 6.21. The van der Waals surface area contributed by atoms with Gasteiger partial charge in [-0.1, -0.05) is 44.2 Å². The van der Waals surface area contributed by atoms with E-state index in [1.807, 2.05) is 60.1 Å². The second-order valence-corrected chi connectivity index (χ2v) is 10.1. The van der Waals surface area contributed by atoms with Gasteiger partial charge in [0.2, 0.25) is 5.70 Å². The summed E-state index contributed by atoms with van der Waals surface area (Å²) in [4.78, 5) is 20.6. The highest BCUT2D eigenvalue weighted by Gasteiger charge is 2.50. The van der Waals surface area contributed by atoms with E-state index in [-0.39, 0.29) is 29.1 Å². The third-order valence-corrected chi connectivity index (χ3v) is 8.05. The van der Waals surface area contributed by atoms with Crippen LogP contribution in [0.3, 0.4) is 0 Å². The number of halogens is 1. The van der Waals surface area contributed by atoms with Gasteiger partial charge in [-0.3, -0.25) is 4.98 Å². The molecule has 0 spiro atoms. The van der Waals surface area contributed by atoms with Crippen molar-refractivity contribution in [1.29, 1.82) is 0 Å². The van der Waals surface area contributed by atoms with E-state index in [4.69, 9.17) is 11.7 Å². The first-order chi connectivity index (χ1) is 17.9. The quantitative estimate of drug-likeness (QED) is 0.306. The number of rotatable bonds is 3. The van der Waals surface area contributed by atoms with Crippen LogP contribution in [0, 0.1) is 24.2 Å². The molecule has 6 rings (SSSR count). The van der Waals surface area contributed by atoms with Crippen LogP contribution in [0.25, 0.3) is 32.9 Å². The number of aromatic nitrogens is 3. The van der Waals surface area contributed by atoms with Crippen molar-refractivity contribution in [1.82, 2.24) is 14.8 Å². The molecule has 0 saturated heterocycles. The zero-order valence-electron chi connectivity index (χ0n) is 20.6. The van der Waals surface area contributed by atoms with Crippen molar-refractivity contribution < 1.29 is 9.18 Å². The van der Waals surface area contributed by atoms with E-state index in [0.29, 0.717) is 17.7 Å². The van der Waals surface area contributed by atoms with Crippen LogP contribution in [0.5, 0.6) is 0 Å². The fourth-order valence-corrected chi connectivity index (χ4v) is 6.21. The molecular formula is C31H25FN4O. The summed E-state index contributed by atoms with van der Waals surface area (Å²) in [5.41, 5.74) is 5.53. The summed E-state index contributed by atoms with van der Waals surface area (Å²) in [6, 6.07) is 18.7. The second-order valence-electron chi connectivity index (χ2n) is 10.1. The molecule has 3 atom stereocenters. The van der Waals surface area contributed by atoms with Gasteiger partial charge in [-0.25, -0.2) is 13.9 Å². The molecule has 0 bridgehead atoms. The van der Waals surface area contributed by atoms with Crippen LogP contribution < -0.4 is 0 Å². The number of ketones is 1. The maximum Gasteiger partial charge on any atom is 0.226 e. The maximum atomic E-state index is 15.0. The van der Waals surface area contributed by atoms with Crippen LogP contribution in [-0.4, -0.2) is 20.5 Å². The van der Waals surface area contributed by atoms with E-state index in [2.05, 4.69) is 16.8 Å². The molecule has 0 fully saturated rings. The molecule has 0 N–H and O–H groups in total. The molecule has 2 aromatic heterocycles. The van der Waals surface area contributed by atoms with Crippen molar-refractivity contribution >= 4 is 5.78 Å². The second kappa shape index (κ2) is 8.63. The van der Waals surface area contributed by atoms with E-state index in [1.165, 1.54) is 6.07 Å². The normalized spacial score (nSPS) is 22.5. The van der Waals surface area contributed by atoms with Crippen LogP contribution in [0.1, 0.15) is 31.5 Å². The molecule has 5 nitrogen and oxygen atoms in total. The molecule has 4 aromatic rings. The van der Waals surface area contributed by atoms with Gasteiger partial charge in [0, 0.05) is 34.9 Å². The van der Waals surface area contributed by atoms with Gasteiger partial charge in [0.25, 0.3) is 0 Å². The van der Waals surface area contributed by atoms with Gasteiger partial charge in [0.15, 0.2) is 5.78 Å². The lowest BCUT2D eigenvalue weighted by molar-refractivity contribution is -0.121. The van der Waals surface area contributed by atoms with Gasteiger partial charge in [0.05, 0.1) is 23.6 Å². The molecule has 0 aliphatic heterocycles. The van der Waals surface area contributed by atoms with E-state index < -0.39 is 5.41 Å². The zero-order valence-corrected chi connectivity index (χ0v) is 20.6. The minimum absolute atomic E-state index is 0.0259. The molecule has 0 radical (unpaired) electrons. The highest BCUT2D eigenvalue weighted by atomic mass is 19.1. The SMILES string of the molecule is [C-]#[N+]C1=C[C@@]2(C)c3c(c(-c4ccccc4F)nn3-c3ccc(-c4ccncc4)cc3)CC[C@@H]2[C@@H](C)C1=O. The Morgan fingerprint density at radius 2 is 1.76 bits per heavy atom. The Hall–Kier alpha value is -4.37. The minimum Gasteiger partial charge on any atom is -0.308 e. The number of fused-ring (bicyclic) bond motifs is 3. The largest absolute Gasteiger partial charge is 0.308 e. The van der Waals surface area contributed by atoms with Crippen LogP contribution in [0.15, 0.2) is 84.8 Å².